The highest BCUT2D eigenvalue weighted by Gasteiger charge is 2.35. The van der Waals surface area contributed by atoms with Gasteiger partial charge in [0.1, 0.15) is 0 Å². The van der Waals surface area contributed by atoms with E-state index in [4.69, 9.17) is 0 Å². The van der Waals surface area contributed by atoms with Crippen molar-refractivity contribution in [1.29, 1.82) is 0 Å². The Morgan fingerprint density at radius 2 is 1.84 bits per heavy atom. The molecule has 1 nitrogen and oxygen atoms in total. The Bertz CT molecular complexity index is 416. The van der Waals surface area contributed by atoms with E-state index in [0.29, 0.717) is 23.2 Å². The summed E-state index contributed by atoms with van der Waals surface area (Å²) in [5.74, 6) is 0.485. The predicted molar refractivity (Wildman–Crippen MR) is 72.8 cm³/mol. The Kier molecular flexibility index (Phi) is 5.86. The van der Waals surface area contributed by atoms with Crippen molar-refractivity contribution in [2.75, 3.05) is 0 Å². The van der Waals surface area contributed by atoms with Crippen LogP contribution in [-0.4, -0.2) is 5.11 Å². The number of benzene rings is 1. The molecule has 0 aliphatic rings. The van der Waals surface area contributed by atoms with Crippen molar-refractivity contribution in [1.82, 2.24) is 0 Å². The van der Waals surface area contributed by atoms with Gasteiger partial charge in [-0.3, -0.25) is 0 Å². The average molecular weight is 339 g/mol. The van der Waals surface area contributed by atoms with E-state index >= 15 is 0 Å². The quantitative estimate of drug-likeness (QED) is 0.769. The van der Waals surface area contributed by atoms with Gasteiger partial charge in [0.25, 0.3) is 0 Å². The largest absolute Gasteiger partial charge is 0.416 e. The highest BCUT2D eigenvalue weighted by Crippen LogP contribution is 2.37. The first kappa shape index (κ1) is 16.5. The van der Waals surface area contributed by atoms with E-state index in [9.17, 15) is 18.3 Å². The zero-order valence-electron chi connectivity index (χ0n) is 11.0. The van der Waals surface area contributed by atoms with Crippen LogP contribution in [0.15, 0.2) is 22.7 Å². The SMILES string of the molecule is CC(C)CCCC(O)c1ccc(Br)cc1C(F)(F)F. The summed E-state index contributed by atoms with van der Waals surface area (Å²) in [6, 6.07) is 3.88. The van der Waals surface area contributed by atoms with E-state index in [0.717, 1.165) is 12.5 Å². The van der Waals surface area contributed by atoms with Crippen molar-refractivity contribution in [2.45, 2.75) is 45.4 Å². The topological polar surface area (TPSA) is 20.2 Å². The number of rotatable bonds is 5. The minimum absolute atomic E-state index is 0.0422. The van der Waals surface area contributed by atoms with Crippen LogP contribution in [0, 0.1) is 5.92 Å². The number of alkyl halides is 3. The molecule has 1 N–H and O–H groups in total. The Morgan fingerprint density at radius 3 is 2.37 bits per heavy atom. The van der Waals surface area contributed by atoms with Crippen molar-refractivity contribution < 1.29 is 18.3 Å². The van der Waals surface area contributed by atoms with Crippen LogP contribution in [0.3, 0.4) is 0 Å². The monoisotopic (exact) mass is 338 g/mol. The van der Waals surface area contributed by atoms with Gasteiger partial charge in [0, 0.05) is 4.47 Å². The van der Waals surface area contributed by atoms with Crippen LogP contribution in [0.4, 0.5) is 13.2 Å². The third-order valence-corrected chi connectivity index (χ3v) is 3.43. The normalized spacial score (nSPS) is 13.9. The van der Waals surface area contributed by atoms with Crippen molar-refractivity contribution in [3.8, 4) is 0 Å². The molecule has 0 spiro atoms. The Balaban J connectivity index is 2.87. The molecule has 0 heterocycles. The van der Waals surface area contributed by atoms with Gasteiger partial charge in [-0.15, -0.1) is 0 Å². The molecule has 0 aromatic heterocycles. The molecule has 0 amide bonds. The zero-order valence-corrected chi connectivity index (χ0v) is 12.6. The fourth-order valence-electron chi connectivity index (χ4n) is 1.94. The lowest BCUT2D eigenvalue weighted by Crippen LogP contribution is -2.12. The first-order valence-corrected chi connectivity index (χ1v) is 7.06. The molecule has 0 saturated carbocycles. The summed E-state index contributed by atoms with van der Waals surface area (Å²) in [5, 5.41) is 9.95. The van der Waals surface area contributed by atoms with E-state index < -0.39 is 17.8 Å². The van der Waals surface area contributed by atoms with E-state index in [1.807, 2.05) is 13.8 Å². The highest BCUT2D eigenvalue weighted by molar-refractivity contribution is 9.10. The molecule has 0 saturated heterocycles. The number of aliphatic hydroxyl groups excluding tert-OH is 1. The first-order valence-electron chi connectivity index (χ1n) is 6.26. The van der Waals surface area contributed by atoms with Gasteiger partial charge in [0.2, 0.25) is 0 Å². The van der Waals surface area contributed by atoms with Gasteiger partial charge in [-0.1, -0.05) is 48.7 Å². The Morgan fingerprint density at radius 1 is 1.21 bits per heavy atom. The summed E-state index contributed by atoms with van der Waals surface area (Å²) >= 11 is 3.03. The van der Waals surface area contributed by atoms with Crippen molar-refractivity contribution in [2.24, 2.45) is 5.92 Å². The summed E-state index contributed by atoms with van der Waals surface area (Å²) < 4.78 is 39.1. The lowest BCUT2D eigenvalue weighted by atomic mass is 9.96. The maximum absolute atomic E-state index is 12.9. The molecular formula is C14H18BrF3O. The second kappa shape index (κ2) is 6.75. The molecule has 0 aliphatic heterocycles. The minimum atomic E-state index is -4.45. The molecule has 0 fully saturated rings. The molecule has 5 heteroatoms. The zero-order chi connectivity index (χ0) is 14.6. The molecule has 108 valence electrons. The van der Waals surface area contributed by atoms with Gasteiger partial charge in [0.15, 0.2) is 0 Å². The van der Waals surface area contributed by atoms with E-state index in [-0.39, 0.29) is 5.56 Å². The summed E-state index contributed by atoms with van der Waals surface area (Å²) in [4.78, 5) is 0. The second-order valence-corrected chi connectivity index (χ2v) is 5.99. The van der Waals surface area contributed by atoms with Crippen molar-refractivity contribution in [3.05, 3.63) is 33.8 Å². The maximum atomic E-state index is 12.9. The molecule has 1 aromatic carbocycles. The molecule has 1 rings (SSSR count). The molecule has 0 bridgehead atoms. The molecule has 1 unspecified atom stereocenters. The van der Waals surface area contributed by atoms with Gasteiger partial charge in [-0.2, -0.15) is 13.2 Å². The summed E-state index contributed by atoms with van der Waals surface area (Å²) in [7, 11) is 0. The van der Waals surface area contributed by atoms with Gasteiger partial charge in [-0.05, 0) is 30.0 Å². The number of halogens is 4. The predicted octanol–water partition coefficient (Wildman–Crippen LogP) is 5.33. The minimum Gasteiger partial charge on any atom is -0.388 e. The fraction of sp³-hybridized carbons (Fsp3) is 0.571. The lowest BCUT2D eigenvalue weighted by Gasteiger charge is -2.18. The van der Waals surface area contributed by atoms with Crippen LogP contribution in [0.2, 0.25) is 0 Å². The molecule has 0 radical (unpaired) electrons. The van der Waals surface area contributed by atoms with Gasteiger partial charge >= 0.3 is 6.18 Å². The van der Waals surface area contributed by atoms with Gasteiger partial charge < -0.3 is 5.11 Å². The summed E-state index contributed by atoms with van der Waals surface area (Å²) in [6.07, 6.45) is -3.55. The summed E-state index contributed by atoms with van der Waals surface area (Å²) in [6.45, 7) is 4.10. The number of hydrogen-bond donors (Lipinski definition) is 1. The molecule has 1 atom stereocenters. The van der Waals surface area contributed by atoms with Gasteiger partial charge in [-0.25, -0.2) is 0 Å². The van der Waals surface area contributed by atoms with Gasteiger partial charge in [0.05, 0.1) is 11.7 Å². The molecule has 0 aliphatic carbocycles. The number of aliphatic hydroxyl groups is 1. The van der Waals surface area contributed by atoms with Crippen LogP contribution in [0.5, 0.6) is 0 Å². The first-order chi connectivity index (χ1) is 8.71. The fourth-order valence-corrected chi connectivity index (χ4v) is 2.30. The third-order valence-electron chi connectivity index (χ3n) is 2.94. The van der Waals surface area contributed by atoms with Crippen LogP contribution in [0.1, 0.15) is 50.3 Å². The highest BCUT2D eigenvalue weighted by atomic mass is 79.9. The van der Waals surface area contributed by atoms with E-state index in [1.165, 1.54) is 12.1 Å². The number of hydrogen-bond acceptors (Lipinski definition) is 1. The van der Waals surface area contributed by atoms with E-state index in [2.05, 4.69) is 15.9 Å². The Labute approximate surface area is 120 Å². The molecule has 19 heavy (non-hydrogen) atoms. The average Bonchev–Trinajstić information content (AvgIpc) is 2.27. The van der Waals surface area contributed by atoms with Crippen LogP contribution < -0.4 is 0 Å². The van der Waals surface area contributed by atoms with Crippen molar-refractivity contribution >= 4 is 15.9 Å². The third kappa shape index (κ3) is 5.15. The summed E-state index contributed by atoms with van der Waals surface area (Å²) in [5.41, 5.74) is -0.807. The smallest absolute Gasteiger partial charge is 0.388 e. The van der Waals surface area contributed by atoms with Crippen molar-refractivity contribution in [3.63, 3.8) is 0 Å². The van der Waals surface area contributed by atoms with Crippen LogP contribution in [0.25, 0.3) is 0 Å². The molecular weight excluding hydrogens is 321 g/mol. The maximum Gasteiger partial charge on any atom is 0.416 e. The molecule has 1 aromatic rings. The standard InChI is InChI=1S/C14H18BrF3O/c1-9(2)4-3-5-13(19)11-7-6-10(15)8-12(11)14(16,17)18/h6-9,13,19H,3-5H2,1-2H3. The van der Waals surface area contributed by atoms with Crippen LogP contribution >= 0.6 is 15.9 Å². The lowest BCUT2D eigenvalue weighted by molar-refractivity contribution is -0.139. The van der Waals surface area contributed by atoms with E-state index in [1.54, 1.807) is 0 Å². The Hall–Kier alpha value is -0.550. The van der Waals surface area contributed by atoms with Crippen LogP contribution in [-0.2, 0) is 6.18 Å². The second-order valence-electron chi connectivity index (χ2n) is 5.07.